The highest BCUT2D eigenvalue weighted by Gasteiger charge is 2.33. The number of methoxy groups -OCH3 is 1. The van der Waals surface area contributed by atoms with Gasteiger partial charge in [-0.2, -0.15) is 0 Å². The highest BCUT2D eigenvalue weighted by atomic mass is 19.2. The summed E-state index contributed by atoms with van der Waals surface area (Å²) in [6, 6.07) is 1.53. The van der Waals surface area contributed by atoms with Crippen molar-refractivity contribution in [3.63, 3.8) is 0 Å². The second-order valence-electron chi connectivity index (χ2n) is 4.48. The van der Waals surface area contributed by atoms with E-state index < -0.39 is 23.4 Å². The van der Waals surface area contributed by atoms with Crippen molar-refractivity contribution >= 4 is 5.91 Å². The van der Waals surface area contributed by atoms with Gasteiger partial charge in [-0.3, -0.25) is 4.79 Å². The summed E-state index contributed by atoms with van der Waals surface area (Å²) in [5, 5.41) is 0. The summed E-state index contributed by atoms with van der Waals surface area (Å²) >= 11 is 0. The van der Waals surface area contributed by atoms with Crippen molar-refractivity contribution in [2.45, 2.75) is 18.9 Å². The molecule has 0 saturated heterocycles. The molecule has 1 aromatic rings. The highest BCUT2D eigenvalue weighted by molar-refractivity contribution is 5.94. The van der Waals surface area contributed by atoms with Crippen LogP contribution in [-0.2, 0) is 4.74 Å². The topological polar surface area (TPSA) is 29.5 Å². The molecule has 1 aliphatic rings. The maximum Gasteiger partial charge on any atom is 0.254 e. The van der Waals surface area contributed by atoms with E-state index in [9.17, 15) is 18.0 Å². The summed E-state index contributed by atoms with van der Waals surface area (Å²) < 4.78 is 44.0. The minimum absolute atomic E-state index is 0.0822. The molecule has 1 saturated carbocycles. The Balaban J connectivity index is 2.21. The molecule has 19 heavy (non-hydrogen) atoms. The molecular weight excluding hydrogens is 259 g/mol. The molecule has 0 N–H and O–H groups in total. The predicted molar refractivity (Wildman–Crippen MR) is 62.3 cm³/mol. The molecule has 0 aliphatic heterocycles. The number of halogens is 3. The van der Waals surface area contributed by atoms with Crippen molar-refractivity contribution in [2.24, 2.45) is 0 Å². The van der Waals surface area contributed by atoms with Crippen molar-refractivity contribution < 1.29 is 22.7 Å². The average Bonchev–Trinajstić information content (AvgIpc) is 3.20. The summed E-state index contributed by atoms with van der Waals surface area (Å²) in [5.74, 6) is -4.78. The van der Waals surface area contributed by atoms with E-state index in [1.807, 2.05) is 0 Å². The number of carbonyl (C=O) groups is 1. The zero-order valence-electron chi connectivity index (χ0n) is 10.5. The van der Waals surface area contributed by atoms with E-state index in [2.05, 4.69) is 0 Å². The largest absolute Gasteiger partial charge is 0.383 e. The Morgan fingerprint density at radius 1 is 1.32 bits per heavy atom. The highest BCUT2D eigenvalue weighted by Crippen LogP contribution is 2.28. The van der Waals surface area contributed by atoms with Gasteiger partial charge in [0.25, 0.3) is 5.91 Å². The Bertz CT molecular complexity index is 466. The van der Waals surface area contributed by atoms with Crippen LogP contribution < -0.4 is 0 Å². The van der Waals surface area contributed by atoms with E-state index >= 15 is 0 Å². The quantitative estimate of drug-likeness (QED) is 0.771. The minimum Gasteiger partial charge on any atom is -0.383 e. The molecule has 1 amide bonds. The fraction of sp³-hybridized carbons (Fsp3) is 0.462. The summed E-state index contributed by atoms with van der Waals surface area (Å²) in [6.45, 7) is 0.689. The number of benzene rings is 1. The first-order valence-electron chi connectivity index (χ1n) is 5.99. The first-order valence-corrected chi connectivity index (χ1v) is 5.99. The SMILES string of the molecule is COCCN(C(=O)c1cc(F)c(F)c(F)c1)C1CC1. The van der Waals surface area contributed by atoms with E-state index in [4.69, 9.17) is 4.74 Å². The van der Waals surface area contributed by atoms with E-state index in [0.717, 1.165) is 25.0 Å². The second-order valence-corrected chi connectivity index (χ2v) is 4.48. The van der Waals surface area contributed by atoms with Crippen LogP contribution in [0.15, 0.2) is 12.1 Å². The van der Waals surface area contributed by atoms with Gasteiger partial charge in [-0.15, -0.1) is 0 Å². The van der Waals surface area contributed by atoms with Crippen LogP contribution in [0.25, 0.3) is 0 Å². The van der Waals surface area contributed by atoms with Gasteiger partial charge in [-0.1, -0.05) is 0 Å². The van der Waals surface area contributed by atoms with E-state index in [0.29, 0.717) is 13.2 Å². The number of rotatable bonds is 5. The zero-order valence-corrected chi connectivity index (χ0v) is 10.5. The first-order chi connectivity index (χ1) is 9.04. The van der Waals surface area contributed by atoms with Gasteiger partial charge in [0.15, 0.2) is 17.5 Å². The van der Waals surface area contributed by atoms with Crippen molar-refractivity contribution in [1.82, 2.24) is 4.90 Å². The standard InChI is InChI=1S/C13H14F3NO2/c1-19-5-4-17(9-2-3-9)13(18)8-6-10(14)12(16)11(15)7-8/h6-7,9H,2-5H2,1H3. The lowest BCUT2D eigenvalue weighted by atomic mass is 10.1. The smallest absolute Gasteiger partial charge is 0.254 e. The van der Waals surface area contributed by atoms with Crippen LogP contribution >= 0.6 is 0 Å². The van der Waals surface area contributed by atoms with Gasteiger partial charge in [0, 0.05) is 25.3 Å². The number of hydrogen-bond acceptors (Lipinski definition) is 2. The molecule has 0 atom stereocenters. The lowest BCUT2D eigenvalue weighted by molar-refractivity contribution is 0.0679. The molecule has 3 nitrogen and oxygen atoms in total. The van der Waals surface area contributed by atoms with Crippen molar-refractivity contribution in [3.05, 3.63) is 35.1 Å². The maximum atomic E-state index is 13.1. The lowest BCUT2D eigenvalue weighted by Gasteiger charge is -2.22. The van der Waals surface area contributed by atoms with Gasteiger partial charge < -0.3 is 9.64 Å². The van der Waals surface area contributed by atoms with Crippen molar-refractivity contribution in [1.29, 1.82) is 0 Å². The second kappa shape index (κ2) is 5.61. The van der Waals surface area contributed by atoms with Crippen LogP contribution in [0.3, 0.4) is 0 Å². The number of ether oxygens (including phenoxy) is 1. The van der Waals surface area contributed by atoms with Crippen molar-refractivity contribution in [2.75, 3.05) is 20.3 Å². The van der Waals surface area contributed by atoms with Crippen LogP contribution in [0.5, 0.6) is 0 Å². The number of nitrogens with zero attached hydrogens (tertiary/aromatic N) is 1. The van der Waals surface area contributed by atoms with Crippen LogP contribution in [0, 0.1) is 17.5 Å². The molecule has 1 aromatic carbocycles. The van der Waals surface area contributed by atoms with Crippen LogP contribution in [0.1, 0.15) is 23.2 Å². The van der Waals surface area contributed by atoms with Crippen molar-refractivity contribution in [3.8, 4) is 0 Å². The van der Waals surface area contributed by atoms with Gasteiger partial charge in [-0.25, -0.2) is 13.2 Å². The molecule has 0 unspecified atom stereocenters. The normalized spacial score (nSPS) is 14.5. The van der Waals surface area contributed by atoms with Gasteiger partial charge in [0.1, 0.15) is 0 Å². The van der Waals surface area contributed by atoms with E-state index in [-0.39, 0.29) is 11.6 Å². The molecule has 6 heteroatoms. The van der Waals surface area contributed by atoms with E-state index in [1.54, 1.807) is 0 Å². The van der Waals surface area contributed by atoms with Gasteiger partial charge in [0.05, 0.1) is 6.61 Å². The fourth-order valence-corrected chi connectivity index (χ4v) is 1.87. The number of amides is 1. The number of carbonyl (C=O) groups excluding carboxylic acids is 1. The van der Waals surface area contributed by atoms with Gasteiger partial charge in [-0.05, 0) is 25.0 Å². The Hall–Kier alpha value is -1.56. The number of hydrogen-bond donors (Lipinski definition) is 0. The van der Waals surface area contributed by atoms with Crippen LogP contribution in [0.2, 0.25) is 0 Å². The summed E-state index contributed by atoms with van der Waals surface area (Å²) in [7, 11) is 1.51. The zero-order chi connectivity index (χ0) is 14.0. The summed E-state index contributed by atoms with van der Waals surface area (Å²) in [4.78, 5) is 13.7. The van der Waals surface area contributed by atoms with Gasteiger partial charge in [0.2, 0.25) is 0 Å². The molecule has 2 rings (SSSR count). The third-order valence-corrected chi connectivity index (χ3v) is 3.02. The molecule has 104 valence electrons. The Morgan fingerprint density at radius 2 is 1.89 bits per heavy atom. The Kier molecular flexibility index (Phi) is 4.09. The average molecular weight is 273 g/mol. The van der Waals surface area contributed by atoms with Gasteiger partial charge >= 0.3 is 0 Å². The molecule has 0 heterocycles. The third kappa shape index (κ3) is 3.07. The van der Waals surface area contributed by atoms with Crippen LogP contribution in [0.4, 0.5) is 13.2 Å². The summed E-state index contributed by atoms with van der Waals surface area (Å²) in [6.07, 6.45) is 1.73. The first kappa shape index (κ1) is 13.9. The Labute approximate surface area is 109 Å². The molecule has 0 radical (unpaired) electrons. The molecule has 1 fully saturated rings. The molecule has 0 spiro atoms. The summed E-state index contributed by atoms with van der Waals surface area (Å²) in [5.41, 5.74) is -0.181. The molecule has 0 aromatic heterocycles. The lowest BCUT2D eigenvalue weighted by Crippen LogP contribution is -2.36. The Morgan fingerprint density at radius 3 is 2.37 bits per heavy atom. The maximum absolute atomic E-state index is 13.1. The molecule has 0 bridgehead atoms. The van der Waals surface area contributed by atoms with E-state index in [1.165, 1.54) is 12.0 Å². The third-order valence-electron chi connectivity index (χ3n) is 3.02. The molecular formula is C13H14F3NO2. The predicted octanol–water partition coefficient (Wildman–Crippen LogP) is 2.35. The monoisotopic (exact) mass is 273 g/mol. The molecule has 1 aliphatic carbocycles. The fourth-order valence-electron chi connectivity index (χ4n) is 1.87. The minimum atomic E-state index is -1.56. The van der Waals surface area contributed by atoms with Crippen LogP contribution in [-0.4, -0.2) is 37.1 Å².